The molecule has 0 atom stereocenters. The van der Waals surface area contributed by atoms with Crippen molar-refractivity contribution in [1.29, 1.82) is 0 Å². The van der Waals surface area contributed by atoms with Crippen molar-refractivity contribution in [2.45, 2.75) is 33.2 Å². The highest BCUT2D eigenvalue weighted by Crippen LogP contribution is 2.28. The van der Waals surface area contributed by atoms with Crippen molar-refractivity contribution >= 4 is 34.6 Å². The lowest BCUT2D eigenvalue weighted by molar-refractivity contribution is -0.120. The molecule has 0 saturated carbocycles. The predicted molar refractivity (Wildman–Crippen MR) is 108 cm³/mol. The normalized spacial score (nSPS) is 10.9. The minimum Gasteiger partial charge on any atom is -0.483 e. The Bertz CT molecular complexity index is 843. The minimum absolute atomic E-state index is 0.00786. The Hall–Kier alpha value is -2.18. The molecule has 3 rings (SSSR count). The summed E-state index contributed by atoms with van der Waals surface area (Å²) in [5, 5.41) is 3.89. The first-order valence-corrected chi connectivity index (χ1v) is 10.2. The average molecular weight is 387 g/mol. The third-order valence-electron chi connectivity index (χ3n) is 4.04. The van der Waals surface area contributed by atoms with Gasteiger partial charge in [0.25, 0.3) is 5.91 Å². The highest BCUT2D eigenvalue weighted by atomic mass is 32.1. The zero-order valence-electron chi connectivity index (χ0n) is 15.1. The number of amides is 1. The quantitative estimate of drug-likeness (QED) is 0.557. The molecule has 6 heteroatoms. The summed E-state index contributed by atoms with van der Waals surface area (Å²) < 4.78 is 10.3. The van der Waals surface area contributed by atoms with Gasteiger partial charge in [-0.3, -0.25) is 9.69 Å². The summed E-state index contributed by atoms with van der Waals surface area (Å²) in [6.07, 6.45) is 0. The molecular formula is C20H22N2O2S2. The maximum atomic E-state index is 12.9. The second kappa shape index (κ2) is 8.47. The van der Waals surface area contributed by atoms with E-state index in [-0.39, 0.29) is 12.5 Å². The molecule has 3 aromatic rings. The van der Waals surface area contributed by atoms with Crippen LogP contribution >= 0.6 is 22.9 Å². The average Bonchev–Trinajstić information content (AvgIpc) is 3.30. The number of hydrogen-bond acceptors (Lipinski definition) is 5. The van der Waals surface area contributed by atoms with Gasteiger partial charge in [-0.25, -0.2) is 0 Å². The zero-order valence-corrected chi connectivity index (χ0v) is 16.8. The fraction of sp³-hybridized carbons (Fsp3) is 0.300. The number of hydrogen-bond donors (Lipinski definition) is 0. The highest BCUT2D eigenvalue weighted by molar-refractivity contribution is 7.09. The summed E-state index contributed by atoms with van der Waals surface area (Å²) in [5.41, 5.74) is 2.23. The van der Waals surface area contributed by atoms with Crippen molar-refractivity contribution in [1.82, 2.24) is 4.37 Å². The molecule has 0 radical (unpaired) electrons. The van der Waals surface area contributed by atoms with Gasteiger partial charge < -0.3 is 4.74 Å². The van der Waals surface area contributed by atoms with Crippen LogP contribution in [0.4, 0.5) is 5.82 Å². The Labute approximate surface area is 162 Å². The van der Waals surface area contributed by atoms with Gasteiger partial charge in [-0.15, -0.1) is 11.3 Å². The number of thiophene rings is 1. The minimum atomic E-state index is -0.0967. The monoisotopic (exact) mass is 386 g/mol. The van der Waals surface area contributed by atoms with Crippen LogP contribution in [0.25, 0.3) is 0 Å². The van der Waals surface area contributed by atoms with Crippen LogP contribution in [0.15, 0.2) is 47.2 Å². The van der Waals surface area contributed by atoms with Gasteiger partial charge >= 0.3 is 0 Å². The largest absolute Gasteiger partial charge is 0.483 e. The van der Waals surface area contributed by atoms with Crippen LogP contribution < -0.4 is 9.64 Å². The second-order valence-electron chi connectivity index (χ2n) is 6.40. The Morgan fingerprint density at radius 2 is 2.08 bits per heavy atom. The Morgan fingerprint density at radius 1 is 1.23 bits per heavy atom. The molecule has 1 amide bonds. The van der Waals surface area contributed by atoms with E-state index >= 15 is 0 Å². The van der Waals surface area contributed by atoms with Gasteiger partial charge in [0, 0.05) is 10.3 Å². The van der Waals surface area contributed by atoms with Gasteiger partial charge in [-0.1, -0.05) is 32.0 Å². The number of anilines is 1. The molecule has 2 aromatic heterocycles. The topological polar surface area (TPSA) is 42.4 Å². The van der Waals surface area contributed by atoms with Crippen molar-refractivity contribution in [2.75, 3.05) is 11.5 Å². The third-order valence-corrected chi connectivity index (χ3v) is 5.45. The molecule has 136 valence electrons. The van der Waals surface area contributed by atoms with Crippen molar-refractivity contribution in [3.63, 3.8) is 0 Å². The first-order chi connectivity index (χ1) is 12.5. The van der Waals surface area contributed by atoms with Crippen LogP contribution in [-0.4, -0.2) is 16.9 Å². The molecule has 0 N–H and O–H groups in total. The first kappa shape index (κ1) is 18.6. The highest BCUT2D eigenvalue weighted by Gasteiger charge is 2.20. The van der Waals surface area contributed by atoms with E-state index in [1.807, 2.05) is 41.9 Å². The van der Waals surface area contributed by atoms with Crippen molar-refractivity contribution < 1.29 is 9.53 Å². The molecule has 0 aliphatic heterocycles. The molecule has 0 saturated heterocycles. The van der Waals surface area contributed by atoms with Gasteiger partial charge in [0.1, 0.15) is 11.6 Å². The van der Waals surface area contributed by atoms with E-state index in [0.717, 1.165) is 21.8 Å². The fourth-order valence-electron chi connectivity index (χ4n) is 2.66. The summed E-state index contributed by atoms with van der Waals surface area (Å²) in [5.74, 6) is 1.69. The van der Waals surface area contributed by atoms with Crippen LogP contribution in [0.3, 0.4) is 0 Å². The summed E-state index contributed by atoms with van der Waals surface area (Å²) in [7, 11) is 0. The lowest BCUT2D eigenvalue weighted by Gasteiger charge is -2.21. The molecule has 2 heterocycles. The van der Waals surface area contributed by atoms with Crippen LogP contribution in [0, 0.1) is 6.92 Å². The fourth-order valence-corrected chi connectivity index (χ4v) is 3.87. The number of rotatable bonds is 7. The lowest BCUT2D eigenvalue weighted by atomic mass is 10.0. The van der Waals surface area contributed by atoms with Gasteiger partial charge in [-0.05, 0) is 59.1 Å². The van der Waals surface area contributed by atoms with E-state index in [4.69, 9.17) is 4.74 Å². The third kappa shape index (κ3) is 4.51. The molecule has 0 bridgehead atoms. The molecule has 0 aliphatic rings. The summed E-state index contributed by atoms with van der Waals surface area (Å²) in [6, 6.07) is 12.0. The van der Waals surface area contributed by atoms with Crippen molar-refractivity contribution in [2.24, 2.45) is 0 Å². The number of ether oxygens (including phenoxy) is 1. The number of carbonyl (C=O) groups excluding carboxylic acids is 1. The molecule has 26 heavy (non-hydrogen) atoms. The molecule has 0 aliphatic carbocycles. The van der Waals surface area contributed by atoms with E-state index in [9.17, 15) is 4.79 Å². The van der Waals surface area contributed by atoms with Crippen LogP contribution in [-0.2, 0) is 11.3 Å². The van der Waals surface area contributed by atoms with E-state index in [2.05, 4.69) is 30.4 Å². The van der Waals surface area contributed by atoms with Crippen LogP contribution in [0.2, 0.25) is 0 Å². The molecule has 0 fully saturated rings. The predicted octanol–water partition coefficient (Wildman–Crippen LogP) is 5.25. The van der Waals surface area contributed by atoms with Gasteiger partial charge in [0.05, 0.1) is 6.54 Å². The van der Waals surface area contributed by atoms with Crippen LogP contribution in [0.1, 0.15) is 35.8 Å². The Kier molecular flexibility index (Phi) is 6.06. The second-order valence-corrected chi connectivity index (χ2v) is 8.10. The zero-order chi connectivity index (χ0) is 18.5. The Balaban J connectivity index is 1.75. The summed E-state index contributed by atoms with van der Waals surface area (Å²) in [6.45, 7) is 6.77. The lowest BCUT2D eigenvalue weighted by Crippen LogP contribution is -2.34. The number of nitrogens with zero attached hydrogens (tertiary/aromatic N) is 2. The molecule has 0 unspecified atom stereocenters. The van der Waals surface area contributed by atoms with Gasteiger partial charge in [0.15, 0.2) is 6.61 Å². The molecule has 1 aromatic carbocycles. The molecule has 4 nitrogen and oxygen atoms in total. The maximum absolute atomic E-state index is 12.9. The summed E-state index contributed by atoms with van der Waals surface area (Å²) >= 11 is 2.97. The number of aryl methyl sites for hydroxylation is 1. The van der Waals surface area contributed by atoms with E-state index < -0.39 is 0 Å². The first-order valence-electron chi connectivity index (χ1n) is 8.51. The summed E-state index contributed by atoms with van der Waals surface area (Å²) in [4.78, 5) is 15.7. The maximum Gasteiger partial charge on any atom is 0.266 e. The molecular weight excluding hydrogens is 364 g/mol. The van der Waals surface area contributed by atoms with Crippen LogP contribution in [0.5, 0.6) is 5.75 Å². The number of aromatic nitrogens is 1. The van der Waals surface area contributed by atoms with Gasteiger partial charge in [0.2, 0.25) is 0 Å². The van der Waals surface area contributed by atoms with E-state index in [1.54, 1.807) is 16.2 Å². The number of carbonyl (C=O) groups is 1. The van der Waals surface area contributed by atoms with Gasteiger partial charge in [-0.2, -0.15) is 4.37 Å². The van der Waals surface area contributed by atoms with E-state index in [0.29, 0.717) is 18.3 Å². The molecule has 0 spiro atoms. The van der Waals surface area contributed by atoms with Crippen molar-refractivity contribution in [3.05, 3.63) is 63.2 Å². The smallest absolute Gasteiger partial charge is 0.266 e. The van der Waals surface area contributed by atoms with E-state index in [1.165, 1.54) is 11.5 Å². The number of benzene rings is 1. The Morgan fingerprint density at radius 3 is 2.73 bits per heavy atom. The standard InChI is InChI=1S/C20H22N2O2S2/c1-14(2)17-7-6-15(3)11-18(17)24-13-20(23)22(19-8-10-26-21-19)12-16-5-4-9-25-16/h4-11,14H,12-13H2,1-3H3. The van der Waals surface area contributed by atoms with Crippen molar-refractivity contribution in [3.8, 4) is 5.75 Å². The SMILES string of the molecule is Cc1ccc(C(C)C)c(OCC(=O)N(Cc2cccs2)c2ccsn2)c1.